The number of rotatable bonds is 7. The van der Waals surface area contributed by atoms with E-state index in [9.17, 15) is 9.59 Å². The average Bonchev–Trinajstić information content (AvgIpc) is 2.67. The third-order valence-electron chi connectivity index (χ3n) is 4.48. The zero-order valence-electron chi connectivity index (χ0n) is 16.3. The number of aromatic amines is 1. The summed E-state index contributed by atoms with van der Waals surface area (Å²) in [6, 6.07) is 12.8. The van der Waals surface area contributed by atoms with E-state index in [1.165, 1.54) is 0 Å². The monoisotopic (exact) mass is 380 g/mol. The van der Waals surface area contributed by atoms with Gasteiger partial charge in [0.2, 0.25) is 5.91 Å². The second-order valence-electron chi connectivity index (χ2n) is 6.58. The van der Waals surface area contributed by atoms with Crippen LogP contribution in [0, 0.1) is 6.92 Å². The van der Waals surface area contributed by atoms with Crippen molar-refractivity contribution in [3.63, 3.8) is 0 Å². The summed E-state index contributed by atoms with van der Waals surface area (Å²) in [6.45, 7) is 5.09. The summed E-state index contributed by atoms with van der Waals surface area (Å²) in [4.78, 5) is 34.0. The van der Waals surface area contributed by atoms with Crippen molar-refractivity contribution in [3.8, 4) is 5.75 Å². The van der Waals surface area contributed by atoms with Crippen molar-refractivity contribution in [2.75, 3.05) is 25.5 Å². The molecule has 0 fully saturated rings. The number of anilines is 1. The zero-order valence-corrected chi connectivity index (χ0v) is 16.3. The molecule has 0 aliphatic heterocycles. The number of H-pyrrole nitrogens is 1. The Kier molecular flexibility index (Phi) is 6.06. The molecule has 0 bridgehead atoms. The van der Waals surface area contributed by atoms with E-state index >= 15 is 0 Å². The van der Waals surface area contributed by atoms with Crippen molar-refractivity contribution in [1.29, 1.82) is 0 Å². The van der Waals surface area contributed by atoms with Crippen molar-refractivity contribution in [3.05, 3.63) is 64.2 Å². The number of hydrogen-bond acceptors (Lipinski definition) is 5. The Balaban J connectivity index is 1.72. The summed E-state index contributed by atoms with van der Waals surface area (Å²) >= 11 is 0. The van der Waals surface area contributed by atoms with Crippen LogP contribution < -0.4 is 15.6 Å². The molecule has 2 aromatic carbocycles. The van der Waals surface area contributed by atoms with Crippen molar-refractivity contribution < 1.29 is 9.53 Å². The van der Waals surface area contributed by atoms with Gasteiger partial charge in [0.15, 0.2) is 0 Å². The number of likely N-dealkylation sites (N-methyl/N-ethyl adjacent to an activating group) is 1. The summed E-state index contributed by atoms with van der Waals surface area (Å²) in [5, 5.41) is 3.45. The highest BCUT2D eigenvalue weighted by Crippen LogP contribution is 2.25. The van der Waals surface area contributed by atoms with E-state index in [1.54, 1.807) is 25.3 Å². The molecular weight excluding hydrogens is 356 g/mol. The molecule has 0 saturated carbocycles. The molecular formula is C21H24N4O3. The summed E-state index contributed by atoms with van der Waals surface area (Å²) in [7, 11) is 1.57. The molecule has 146 valence electrons. The first-order chi connectivity index (χ1) is 13.5. The molecule has 3 rings (SSSR count). The van der Waals surface area contributed by atoms with Crippen LogP contribution in [0.1, 0.15) is 18.3 Å². The molecule has 7 nitrogen and oxygen atoms in total. The molecule has 0 atom stereocenters. The summed E-state index contributed by atoms with van der Waals surface area (Å²) in [5.74, 6) is 0.989. The van der Waals surface area contributed by atoms with Gasteiger partial charge in [-0.1, -0.05) is 25.1 Å². The van der Waals surface area contributed by atoms with Gasteiger partial charge in [0.25, 0.3) is 5.56 Å². The Bertz CT molecular complexity index is 1050. The number of fused-ring (bicyclic) bond motifs is 1. The van der Waals surface area contributed by atoms with Gasteiger partial charge in [0.05, 0.1) is 36.8 Å². The average molecular weight is 380 g/mol. The molecule has 7 heteroatoms. The first-order valence-corrected chi connectivity index (χ1v) is 9.15. The Morgan fingerprint density at radius 1 is 1.25 bits per heavy atom. The lowest BCUT2D eigenvalue weighted by Gasteiger charge is -2.20. The van der Waals surface area contributed by atoms with Crippen LogP contribution in [0.4, 0.5) is 5.69 Å². The lowest BCUT2D eigenvalue weighted by atomic mass is 10.2. The highest BCUT2D eigenvalue weighted by molar-refractivity contribution is 5.93. The van der Waals surface area contributed by atoms with E-state index in [-0.39, 0.29) is 18.0 Å². The van der Waals surface area contributed by atoms with Gasteiger partial charge >= 0.3 is 0 Å². The minimum atomic E-state index is -0.175. The zero-order chi connectivity index (χ0) is 20.1. The fourth-order valence-corrected chi connectivity index (χ4v) is 3.01. The summed E-state index contributed by atoms with van der Waals surface area (Å²) in [6.07, 6.45) is 0. The number of hydrogen-bond donors (Lipinski definition) is 2. The number of carbonyl (C=O) groups excluding carboxylic acids is 1. The van der Waals surface area contributed by atoms with Crippen molar-refractivity contribution in [2.24, 2.45) is 0 Å². The molecule has 0 saturated heterocycles. The van der Waals surface area contributed by atoms with Gasteiger partial charge in [0, 0.05) is 0 Å². The molecule has 0 unspecified atom stereocenters. The van der Waals surface area contributed by atoms with E-state index in [4.69, 9.17) is 4.74 Å². The Morgan fingerprint density at radius 3 is 2.79 bits per heavy atom. The SMILES string of the molecule is CCN(CC(=O)Nc1cc(C)ccc1OC)Cc1nc2ccccc2c(=O)[nH]1. The Hall–Kier alpha value is -3.19. The van der Waals surface area contributed by atoms with Crippen LogP contribution in [0.5, 0.6) is 5.75 Å². The van der Waals surface area contributed by atoms with Crippen LogP contribution >= 0.6 is 0 Å². The number of para-hydroxylation sites is 1. The van der Waals surface area contributed by atoms with Gasteiger partial charge in [0.1, 0.15) is 11.6 Å². The maximum atomic E-state index is 12.5. The number of amides is 1. The largest absolute Gasteiger partial charge is 0.495 e. The van der Waals surface area contributed by atoms with E-state index in [0.717, 1.165) is 5.56 Å². The molecule has 1 amide bonds. The van der Waals surface area contributed by atoms with Crippen molar-refractivity contribution >= 4 is 22.5 Å². The minimum Gasteiger partial charge on any atom is -0.495 e. The number of carbonyl (C=O) groups is 1. The van der Waals surface area contributed by atoms with Crippen LogP contribution in [0.3, 0.4) is 0 Å². The van der Waals surface area contributed by atoms with Gasteiger partial charge in [-0.25, -0.2) is 4.98 Å². The van der Waals surface area contributed by atoms with E-state index in [0.29, 0.717) is 41.3 Å². The number of nitrogens with zero attached hydrogens (tertiary/aromatic N) is 2. The van der Waals surface area contributed by atoms with E-state index in [2.05, 4.69) is 15.3 Å². The first kappa shape index (κ1) is 19.6. The predicted molar refractivity (Wildman–Crippen MR) is 110 cm³/mol. The standard InChI is InChI=1S/C21H24N4O3/c1-4-25(12-19-22-16-8-6-5-7-15(16)21(27)24-19)13-20(26)23-17-11-14(2)9-10-18(17)28-3/h5-11H,4,12-13H2,1-3H3,(H,23,26)(H,22,24,27). The molecule has 1 heterocycles. The van der Waals surface area contributed by atoms with Crippen LogP contribution in [-0.4, -0.2) is 41.0 Å². The normalized spacial score (nSPS) is 11.0. The molecule has 28 heavy (non-hydrogen) atoms. The Labute approximate surface area is 163 Å². The smallest absolute Gasteiger partial charge is 0.258 e. The minimum absolute atomic E-state index is 0.158. The van der Waals surface area contributed by atoms with Crippen LogP contribution in [0.2, 0.25) is 0 Å². The van der Waals surface area contributed by atoms with Gasteiger partial charge < -0.3 is 15.0 Å². The van der Waals surface area contributed by atoms with Gasteiger partial charge in [-0.05, 0) is 43.3 Å². The van der Waals surface area contributed by atoms with Crippen molar-refractivity contribution in [2.45, 2.75) is 20.4 Å². The number of aromatic nitrogens is 2. The van der Waals surface area contributed by atoms with Crippen LogP contribution in [0.25, 0.3) is 10.9 Å². The van der Waals surface area contributed by atoms with Crippen LogP contribution in [-0.2, 0) is 11.3 Å². The molecule has 1 aromatic heterocycles. The predicted octanol–water partition coefficient (Wildman–Crippen LogP) is 2.70. The second-order valence-corrected chi connectivity index (χ2v) is 6.58. The Morgan fingerprint density at radius 2 is 2.04 bits per heavy atom. The topological polar surface area (TPSA) is 87.3 Å². The van der Waals surface area contributed by atoms with E-state index in [1.807, 2.05) is 43.0 Å². The van der Waals surface area contributed by atoms with Crippen LogP contribution in [0.15, 0.2) is 47.3 Å². The third kappa shape index (κ3) is 4.55. The quantitative estimate of drug-likeness (QED) is 0.658. The molecule has 0 aliphatic rings. The molecule has 0 aliphatic carbocycles. The highest BCUT2D eigenvalue weighted by atomic mass is 16.5. The molecule has 3 aromatic rings. The maximum Gasteiger partial charge on any atom is 0.258 e. The fraction of sp³-hybridized carbons (Fsp3) is 0.286. The summed E-state index contributed by atoms with van der Waals surface area (Å²) < 4.78 is 5.30. The van der Waals surface area contributed by atoms with Gasteiger partial charge in [-0.3, -0.25) is 14.5 Å². The lowest BCUT2D eigenvalue weighted by molar-refractivity contribution is -0.117. The van der Waals surface area contributed by atoms with Gasteiger partial charge in [-0.15, -0.1) is 0 Å². The number of ether oxygens (including phenoxy) is 1. The summed E-state index contributed by atoms with van der Waals surface area (Å²) in [5.41, 5.74) is 2.14. The number of methoxy groups -OCH3 is 1. The number of benzene rings is 2. The lowest BCUT2D eigenvalue weighted by Crippen LogP contribution is -2.34. The maximum absolute atomic E-state index is 12.5. The highest BCUT2D eigenvalue weighted by Gasteiger charge is 2.14. The number of nitrogens with one attached hydrogen (secondary N) is 2. The molecule has 0 radical (unpaired) electrons. The fourth-order valence-electron chi connectivity index (χ4n) is 3.01. The van der Waals surface area contributed by atoms with E-state index < -0.39 is 0 Å². The van der Waals surface area contributed by atoms with Gasteiger partial charge in [-0.2, -0.15) is 0 Å². The van der Waals surface area contributed by atoms with Crippen molar-refractivity contribution in [1.82, 2.24) is 14.9 Å². The third-order valence-corrected chi connectivity index (χ3v) is 4.48. The first-order valence-electron chi connectivity index (χ1n) is 9.15. The second kappa shape index (κ2) is 8.67. The molecule has 0 spiro atoms. The molecule has 2 N–H and O–H groups in total. The number of aryl methyl sites for hydroxylation is 1.